The quantitative estimate of drug-likeness (QED) is 0.0529. The summed E-state index contributed by atoms with van der Waals surface area (Å²) in [5.74, 6) is -2.16. The number of aliphatic hydroxyl groups excluding tert-OH is 1. The van der Waals surface area contributed by atoms with Crippen molar-refractivity contribution >= 4 is 69.8 Å². The van der Waals surface area contributed by atoms with Crippen molar-refractivity contribution in [3.63, 3.8) is 0 Å². The number of likely N-dealkylation sites (N-methyl/N-ethyl adjacent to an activating group) is 1. The van der Waals surface area contributed by atoms with Crippen LogP contribution in [0.15, 0.2) is 87.2 Å². The fraction of sp³-hybridized carbons (Fsp3) is 0.188. The number of pyridine rings is 2. The van der Waals surface area contributed by atoms with E-state index in [0.717, 1.165) is 0 Å². The van der Waals surface area contributed by atoms with Crippen LogP contribution in [0, 0.1) is 0 Å². The maximum absolute atomic E-state index is 12.8. The van der Waals surface area contributed by atoms with E-state index < -0.39 is 37.1 Å². The lowest BCUT2D eigenvalue weighted by Gasteiger charge is -2.11. The third-order valence-electron chi connectivity index (χ3n) is 6.33. The number of aromatic nitrogens is 2. The number of hydrogen-bond acceptors (Lipinski definition) is 18. The third-order valence-corrected chi connectivity index (χ3v) is 6.33. The molecule has 0 saturated carbocycles. The molecule has 0 radical (unpaired) electrons. The van der Waals surface area contributed by atoms with Crippen LogP contribution in [0.2, 0.25) is 0 Å². The first kappa shape index (κ1) is 37.9. The summed E-state index contributed by atoms with van der Waals surface area (Å²) in [5, 5.41) is 33.3. The van der Waals surface area contributed by atoms with Gasteiger partial charge in [0.05, 0.1) is 12.6 Å². The van der Waals surface area contributed by atoms with Crippen LogP contribution < -0.4 is 47.4 Å². The Labute approximate surface area is 295 Å². The molecule has 1 atom stereocenters. The molecule has 4 rings (SSSR count). The Morgan fingerprint density at radius 3 is 1.96 bits per heavy atom. The summed E-state index contributed by atoms with van der Waals surface area (Å²) < 4.78 is 16.2. The van der Waals surface area contributed by atoms with Crippen LogP contribution in [0.3, 0.4) is 0 Å². The fourth-order valence-electron chi connectivity index (χ4n) is 3.87. The number of aliphatic hydroxyl groups is 1. The molecule has 4 aromatic rings. The number of anilines is 4. The number of hydrogen-bond donors (Lipinski definition) is 7. The molecule has 0 aliphatic rings. The van der Waals surface area contributed by atoms with E-state index >= 15 is 0 Å². The van der Waals surface area contributed by atoms with Gasteiger partial charge in [-0.1, -0.05) is 12.1 Å². The van der Waals surface area contributed by atoms with Crippen molar-refractivity contribution in [1.29, 1.82) is 0 Å². The minimum atomic E-state index is -0.968. The van der Waals surface area contributed by atoms with Crippen molar-refractivity contribution < 1.29 is 38.5 Å². The highest BCUT2D eigenvalue weighted by molar-refractivity contribution is 5.94. The average Bonchev–Trinajstić information content (AvgIpc) is 3.11. The number of benzene rings is 2. The molecule has 0 fully saturated rings. The molecule has 0 spiro atoms. The molecule has 2 heterocycles. The van der Waals surface area contributed by atoms with Gasteiger partial charge in [-0.15, -0.1) is 20.5 Å². The van der Waals surface area contributed by atoms with Crippen molar-refractivity contribution in [2.24, 2.45) is 26.2 Å². The molecule has 0 unspecified atom stereocenters. The monoisotopic (exact) mass is 714 g/mol. The number of amides is 2. The molecule has 10 N–H and O–H groups in total. The number of nitrogen functional groups attached to an aromatic ring is 2. The Hall–Kier alpha value is -6.90. The molecule has 2 aromatic heterocycles. The maximum atomic E-state index is 12.8. The van der Waals surface area contributed by atoms with Gasteiger partial charge in [-0.25, -0.2) is 19.6 Å². The third kappa shape index (κ3) is 11.1. The van der Waals surface area contributed by atoms with E-state index in [1.54, 1.807) is 25.2 Å². The standard InChI is InChI=1S/C32H34N12O8/c1-17(33)32(49)40-26-12-9-21(31(35)39-26)43-44-22-13-18(7-10-24(22)51-28(47)15-45)50-16-29(48)52-23-6-4-3-5-19(23)41-42-20-8-11-25(38-30(20)34)37-27(46)14-36-2/h3-13,17,36,45H,14-16,33H2,1-2H3,(H3,34,37,38,46)(H3,35,39,40,49)/b42-41+,44-43+/t17-/m0/s1. The molecule has 2 amide bonds. The number of para-hydroxylation sites is 1. The molecule has 20 heteroatoms. The molecular weight excluding hydrogens is 680 g/mol. The van der Waals surface area contributed by atoms with Crippen molar-refractivity contribution in [2.75, 3.05) is 48.9 Å². The summed E-state index contributed by atoms with van der Waals surface area (Å²) in [6.45, 7) is 0.129. The molecule has 20 nitrogen and oxygen atoms in total. The number of carbonyl (C=O) groups excluding carboxylic acids is 4. The summed E-state index contributed by atoms with van der Waals surface area (Å²) in [4.78, 5) is 56.4. The number of esters is 2. The lowest BCUT2D eigenvalue weighted by molar-refractivity contribution is -0.137. The highest BCUT2D eigenvalue weighted by Crippen LogP contribution is 2.35. The number of rotatable bonds is 15. The van der Waals surface area contributed by atoms with Crippen molar-refractivity contribution in [3.8, 4) is 17.2 Å². The molecule has 2 aromatic carbocycles. The second-order valence-electron chi connectivity index (χ2n) is 10.5. The number of nitrogens with zero attached hydrogens (tertiary/aromatic N) is 6. The Kier molecular flexibility index (Phi) is 13.3. The van der Waals surface area contributed by atoms with Crippen molar-refractivity contribution in [3.05, 3.63) is 66.7 Å². The summed E-state index contributed by atoms with van der Waals surface area (Å²) in [7, 11) is 1.63. The van der Waals surface area contributed by atoms with Crippen molar-refractivity contribution in [2.45, 2.75) is 13.0 Å². The van der Waals surface area contributed by atoms with E-state index in [-0.39, 0.29) is 75.7 Å². The Morgan fingerprint density at radius 1 is 0.769 bits per heavy atom. The highest BCUT2D eigenvalue weighted by atomic mass is 16.6. The zero-order valence-corrected chi connectivity index (χ0v) is 27.8. The van der Waals surface area contributed by atoms with E-state index in [4.69, 9.17) is 36.5 Å². The first-order valence-electron chi connectivity index (χ1n) is 15.2. The lowest BCUT2D eigenvalue weighted by atomic mass is 10.3. The van der Waals surface area contributed by atoms with Gasteiger partial charge in [0.25, 0.3) is 0 Å². The van der Waals surface area contributed by atoms with Crippen LogP contribution in [0.25, 0.3) is 0 Å². The van der Waals surface area contributed by atoms with E-state index in [1.165, 1.54) is 55.5 Å². The van der Waals surface area contributed by atoms with E-state index in [0.29, 0.717) is 0 Å². The fourth-order valence-corrected chi connectivity index (χ4v) is 3.87. The van der Waals surface area contributed by atoms with Crippen LogP contribution in [0.4, 0.5) is 46.0 Å². The summed E-state index contributed by atoms with van der Waals surface area (Å²) in [6, 6.07) is 15.5. The van der Waals surface area contributed by atoms with E-state index in [9.17, 15) is 19.2 Å². The minimum Gasteiger partial charge on any atom is -0.482 e. The predicted octanol–water partition coefficient (Wildman–Crippen LogP) is 2.80. The smallest absolute Gasteiger partial charge is 0.349 e. The molecule has 0 saturated heterocycles. The highest BCUT2D eigenvalue weighted by Gasteiger charge is 2.15. The van der Waals surface area contributed by atoms with E-state index in [2.05, 4.69) is 46.4 Å². The van der Waals surface area contributed by atoms with Crippen LogP contribution in [-0.2, 0) is 19.2 Å². The SMILES string of the molecule is CNCC(=O)Nc1ccc(/N=N/c2ccccc2OC(=O)COc2ccc(OC(=O)CO)c(/N=N/c3ccc(NC(=O)[C@H](C)N)nc3N)c2)c(N)n1. The molecular formula is C32H34N12O8. The summed E-state index contributed by atoms with van der Waals surface area (Å²) >= 11 is 0. The number of carbonyl (C=O) groups is 4. The normalized spacial score (nSPS) is 11.6. The summed E-state index contributed by atoms with van der Waals surface area (Å²) in [6.07, 6.45) is 0. The predicted molar refractivity (Wildman–Crippen MR) is 187 cm³/mol. The van der Waals surface area contributed by atoms with Gasteiger partial charge < -0.3 is 52.5 Å². The number of nitrogens with two attached hydrogens (primary N) is 3. The van der Waals surface area contributed by atoms with Gasteiger partial charge in [0.1, 0.15) is 46.7 Å². The van der Waals surface area contributed by atoms with Gasteiger partial charge in [0, 0.05) is 6.07 Å². The van der Waals surface area contributed by atoms with Gasteiger partial charge in [-0.05, 0) is 62.5 Å². The van der Waals surface area contributed by atoms with Crippen LogP contribution >= 0.6 is 0 Å². The Balaban J connectivity index is 1.44. The second kappa shape index (κ2) is 18.2. The van der Waals surface area contributed by atoms with Crippen LogP contribution in [0.5, 0.6) is 17.2 Å². The Bertz CT molecular complexity index is 2000. The van der Waals surface area contributed by atoms with Gasteiger partial charge in [0.15, 0.2) is 29.7 Å². The molecule has 52 heavy (non-hydrogen) atoms. The minimum absolute atomic E-state index is 0.00554. The number of azo groups is 2. The second-order valence-corrected chi connectivity index (χ2v) is 10.5. The van der Waals surface area contributed by atoms with Crippen LogP contribution in [0.1, 0.15) is 6.92 Å². The zero-order chi connectivity index (χ0) is 37.6. The first-order chi connectivity index (χ1) is 24.9. The maximum Gasteiger partial charge on any atom is 0.349 e. The molecule has 0 aliphatic carbocycles. The number of ether oxygens (including phenoxy) is 3. The Morgan fingerprint density at radius 2 is 1.35 bits per heavy atom. The van der Waals surface area contributed by atoms with Crippen molar-refractivity contribution in [1.82, 2.24) is 15.3 Å². The molecule has 270 valence electrons. The average molecular weight is 715 g/mol. The van der Waals surface area contributed by atoms with Gasteiger partial charge in [-0.3, -0.25) is 9.59 Å². The zero-order valence-electron chi connectivity index (χ0n) is 27.8. The first-order valence-corrected chi connectivity index (χ1v) is 15.2. The molecule has 0 bridgehead atoms. The van der Waals surface area contributed by atoms with Gasteiger partial charge >= 0.3 is 11.9 Å². The summed E-state index contributed by atoms with van der Waals surface area (Å²) in [5.41, 5.74) is 18.0. The van der Waals surface area contributed by atoms with Crippen LogP contribution in [-0.4, -0.2) is 71.7 Å². The molecule has 0 aliphatic heterocycles. The van der Waals surface area contributed by atoms with Gasteiger partial charge in [-0.2, -0.15) is 0 Å². The largest absolute Gasteiger partial charge is 0.482 e. The lowest BCUT2D eigenvalue weighted by Crippen LogP contribution is -2.32. The van der Waals surface area contributed by atoms with E-state index in [1.807, 2.05) is 0 Å². The topological polar surface area (TPSA) is 306 Å². The number of nitrogens with one attached hydrogen (secondary N) is 3. The van der Waals surface area contributed by atoms with Gasteiger partial charge in [0.2, 0.25) is 11.8 Å².